The van der Waals surface area contributed by atoms with E-state index in [1.54, 1.807) is 12.1 Å². The van der Waals surface area contributed by atoms with Crippen LogP contribution in [0.4, 0.5) is 31.1 Å². The van der Waals surface area contributed by atoms with Crippen molar-refractivity contribution in [2.75, 3.05) is 13.7 Å². The number of ether oxygens (including phenoxy) is 1. The predicted molar refractivity (Wildman–Crippen MR) is 93.3 cm³/mol. The number of nitrogens with one attached hydrogen (secondary N) is 2. The van der Waals surface area contributed by atoms with Crippen LogP contribution in [0.2, 0.25) is 0 Å². The number of alkyl halides is 6. The van der Waals surface area contributed by atoms with Gasteiger partial charge < -0.3 is 25.7 Å². The van der Waals surface area contributed by atoms with Crippen molar-refractivity contribution in [3.63, 3.8) is 0 Å². The number of carbonyl (C=O) groups excluding carboxylic acids is 1. The monoisotopic (exact) mass is 439 g/mol. The molecule has 4 N–H and O–H groups in total. The summed E-state index contributed by atoms with van der Waals surface area (Å²) in [5.74, 6) is 0.0781. The summed E-state index contributed by atoms with van der Waals surface area (Å²) < 4.78 is 81.2. The van der Waals surface area contributed by atoms with Crippen molar-refractivity contribution in [2.45, 2.75) is 43.5 Å². The highest BCUT2D eigenvalue weighted by molar-refractivity contribution is 5.78. The molecule has 3 atom stereocenters. The first-order chi connectivity index (χ1) is 13.9. The minimum Gasteiger partial charge on any atom is -0.379 e. The van der Waals surface area contributed by atoms with Crippen molar-refractivity contribution < 1.29 is 35.9 Å². The van der Waals surface area contributed by atoms with Crippen molar-refractivity contribution in [3.05, 3.63) is 29.6 Å². The fourth-order valence-corrected chi connectivity index (χ4v) is 3.22. The fraction of sp³-hybridized carbons (Fsp3) is 0.529. The van der Waals surface area contributed by atoms with Crippen molar-refractivity contribution >= 4 is 17.1 Å². The third-order valence-corrected chi connectivity index (χ3v) is 4.77. The smallest absolute Gasteiger partial charge is 0.379 e. The molecule has 2 aromatic rings. The molecule has 166 valence electrons. The summed E-state index contributed by atoms with van der Waals surface area (Å²) in [6.45, 7) is -0.610. The van der Waals surface area contributed by atoms with E-state index < -0.39 is 49.5 Å². The number of hydrogen-bond acceptors (Lipinski definition) is 4. The highest BCUT2D eigenvalue weighted by atomic mass is 19.4. The van der Waals surface area contributed by atoms with Gasteiger partial charge in [-0.05, 0) is 17.7 Å². The zero-order valence-electron chi connectivity index (χ0n) is 15.6. The Labute approximate surface area is 166 Å². The van der Waals surface area contributed by atoms with Gasteiger partial charge in [0.05, 0.1) is 36.1 Å². The number of halogens is 6. The van der Waals surface area contributed by atoms with E-state index in [9.17, 15) is 31.1 Å². The Kier molecular flexibility index (Phi) is 5.87. The SMILES string of the molecule is COC(CC(F)(F)F)C(N)c1nc2cc(CN3C[C@@H](C(F)(F)F)NC3=O)ccc2[nH]1. The van der Waals surface area contributed by atoms with Crippen molar-refractivity contribution in [2.24, 2.45) is 5.73 Å². The highest BCUT2D eigenvalue weighted by Gasteiger charge is 2.46. The number of benzene rings is 1. The lowest BCUT2D eigenvalue weighted by molar-refractivity contribution is -0.160. The van der Waals surface area contributed by atoms with Gasteiger partial charge in [-0.1, -0.05) is 6.07 Å². The number of hydrogen-bond donors (Lipinski definition) is 3. The van der Waals surface area contributed by atoms with Crippen LogP contribution in [-0.2, 0) is 11.3 Å². The number of carbonyl (C=O) groups is 1. The number of amides is 2. The topological polar surface area (TPSA) is 96.3 Å². The quantitative estimate of drug-likeness (QED) is 0.603. The summed E-state index contributed by atoms with van der Waals surface area (Å²) in [6.07, 6.45) is -11.6. The summed E-state index contributed by atoms with van der Waals surface area (Å²) in [5, 5.41) is 1.88. The standard InChI is InChI=1S/C17H19F6N5O2/c1-30-11(5-16(18,19)20)13(24)14-25-9-3-2-8(4-10(9)26-14)6-28-7-12(17(21,22)23)27-15(28)29/h2-4,11-13H,5-7,24H2,1H3,(H,25,26)(H,27,29)/t11?,12-,13?/m0/s1. The van der Waals surface area contributed by atoms with Gasteiger partial charge in [0, 0.05) is 13.7 Å². The van der Waals surface area contributed by atoms with Crippen LogP contribution in [0, 0.1) is 0 Å². The second-order valence-corrected chi connectivity index (χ2v) is 7.02. The minimum atomic E-state index is -4.55. The van der Waals surface area contributed by atoms with E-state index in [2.05, 4.69) is 9.97 Å². The molecule has 0 spiro atoms. The van der Waals surface area contributed by atoms with Crippen molar-refractivity contribution in [1.29, 1.82) is 0 Å². The van der Waals surface area contributed by atoms with Gasteiger partial charge in [0.25, 0.3) is 0 Å². The lowest BCUT2D eigenvalue weighted by Crippen LogP contribution is -2.40. The summed E-state index contributed by atoms with van der Waals surface area (Å²) in [6, 6.07) is 0.717. The van der Waals surface area contributed by atoms with Gasteiger partial charge >= 0.3 is 18.4 Å². The molecular weight excluding hydrogens is 420 g/mol. The minimum absolute atomic E-state index is 0.0781. The maximum atomic E-state index is 12.8. The zero-order chi connectivity index (χ0) is 22.3. The lowest BCUT2D eigenvalue weighted by Gasteiger charge is -2.22. The summed E-state index contributed by atoms with van der Waals surface area (Å²) in [5.41, 5.74) is 7.21. The van der Waals surface area contributed by atoms with Gasteiger partial charge in [0.15, 0.2) is 0 Å². The average Bonchev–Trinajstić information content (AvgIpc) is 3.21. The molecule has 3 rings (SSSR count). The van der Waals surface area contributed by atoms with E-state index in [-0.39, 0.29) is 12.4 Å². The molecule has 2 unspecified atom stereocenters. The first kappa shape index (κ1) is 22.2. The number of aromatic nitrogens is 2. The normalized spacial score (nSPS) is 19.9. The molecule has 30 heavy (non-hydrogen) atoms. The van der Waals surface area contributed by atoms with Crippen LogP contribution in [0.5, 0.6) is 0 Å². The number of rotatable bonds is 6. The predicted octanol–water partition coefficient (Wildman–Crippen LogP) is 2.99. The van der Waals surface area contributed by atoms with Gasteiger partial charge in [-0.15, -0.1) is 0 Å². The number of H-pyrrole nitrogens is 1. The lowest BCUT2D eigenvalue weighted by atomic mass is 10.1. The Morgan fingerprint density at radius 1 is 1.30 bits per heavy atom. The highest BCUT2D eigenvalue weighted by Crippen LogP contribution is 2.29. The third kappa shape index (κ3) is 4.95. The summed E-state index contributed by atoms with van der Waals surface area (Å²) in [4.78, 5) is 19.8. The van der Waals surface area contributed by atoms with Crippen LogP contribution in [0.15, 0.2) is 18.2 Å². The Morgan fingerprint density at radius 2 is 2.00 bits per heavy atom. The van der Waals surface area contributed by atoms with Crippen LogP contribution in [0.3, 0.4) is 0 Å². The molecule has 0 saturated carbocycles. The number of urea groups is 1. The van der Waals surface area contributed by atoms with Gasteiger partial charge in [-0.25, -0.2) is 9.78 Å². The molecule has 2 amide bonds. The molecule has 1 aromatic carbocycles. The molecule has 1 aromatic heterocycles. The van der Waals surface area contributed by atoms with E-state index in [0.29, 0.717) is 16.6 Å². The maximum absolute atomic E-state index is 12.8. The molecule has 0 aliphatic carbocycles. The van der Waals surface area contributed by atoms with Crippen LogP contribution in [-0.4, -0.2) is 59.1 Å². The molecule has 0 bridgehead atoms. The molecule has 1 aliphatic rings. The molecule has 1 aliphatic heterocycles. The van der Waals surface area contributed by atoms with Crippen LogP contribution in [0.25, 0.3) is 11.0 Å². The number of aromatic amines is 1. The Morgan fingerprint density at radius 3 is 2.57 bits per heavy atom. The first-order valence-electron chi connectivity index (χ1n) is 8.83. The second-order valence-electron chi connectivity index (χ2n) is 7.02. The number of fused-ring (bicyclic) bond motifs is 1. The number of methoxy groups -OCH3 is 1. The Balaban J connectivity index is 1.75. The van der Waals surface area contributed by atoms with E-state index in [4.69, 9.17) is 10.5 Å². The fourth-order valence-electron chi connectivity index (χ4n) is 3.22. The van der Waals surface area contributed by atoms with E-state index in [0.717, 1.165) is 12.0 Å². The molecule has 2 heterocycles. The van der Waals surface area contributed by atoms with Crippen LogP contribution >= 0.6 is 0 Å². The molecule has 13 heteroatoms. The van der Waals surface area contributed by atoms with E-state index in [1.165, 1.54) is 6.07 Å². The van der Waals surface area contributed by atoms with Crippen LogP contribution < -0.4 is 11.1 Å². The Hall–Kier alpha value is -2.54. The van der Waals surface area contributed by atoms with Crippen LogP contribution in [0.1, 0.15) is 23.9 Å². The number of nitrogens with two attached hydrogens (primary N) is 1. The van der Waals surface area contributed by atoms with E-state index in [1.807, 2.05) is 5.32 Å². The summed E-state index contributed by atoms with van der Waals surface area (Å²) in [7, 11) is 1.12. The molecule has 7 nitrogen and oxygen atoms in total. The second kappa shape index (κ2) is 7.95. The molecule has 1 fully saturated rings. The Bertz CT molecular complexity index is 912. The van der Waals surface area contributed by atoms with Gasteiger partial charge in [0.1, 0.15) is 11.9 Å². The average molecular weight is 439 g/mol. The zero-order valence-corrected chi connectivity index (χ0v) is 15.6. The van der Waals surface area contributed by atoms with Gasteiger partial charge in [-0.2, -0.15) is 26.3 Å². The summed E-state index contributed by atoms with van der Waals surface area (Å²) >= 11 is 0. The molecule has 1 saturated heterocycles. The number of nitrogens with zero attached hydrogens (tertiary/aromatic N) is 2. The first-order valence-corrected chi connectivity index (χ1v) is 8.83. The molecule has 0 radical (unpaired) electrons. The van der Waals surface area contributed by atoms with E-state index >= 15 is 0 Å². The molecular formula is C17H19F6N5O2. The maximum Gasteiger partial charge on any atom is 0.410 e. The van der Waals surface area contributed by atoms with Crippen molar-refractivity contribution in [3.8, 4) is 0 Å². The van der Waals surface area contributed by atoms with Crippen molar-refractivity contribution in [1.82, 2.24) is 20.2 Å². The van der Waals surface area contributed by atoms with Gasteiger partial charge in [-0.3, -0.25) is 0 Å². The number of imidazole rings is 1. The van der Waals surface area contributed by atoms with Gasteiger partial charge in [0.2, 0.25) is 0 Å². The largest absolute Gasteiger partial charge is 0.410 e. The third-order valence-electron chi connectivity index (χ3n) is 4.77.